The number of aromatic nitrogens is 3. The van der Waals surface area contributed by atoms with Gasteiger partial charge in [0.25, 0.3) is 0 Å². The number of aromatic amines is 1. The number of hydrogen-bond donors (Lipinski definition) is 2. The molecule has 2 N–H and O–H groups in total. The van der Waals surface area contributed by atoms with Gasteiger partial charge in [-0.3, -0.25) is 4.68 Å². The Morgan fingerprint density at radius 3 is 2.95 bits per heavy atom. The normalized spacial score (nSPS) is 13.0. The van der Waals surface area contributed by atoms with E-state index >= 15 is 0 Å². The van der Waals surface area contributed by atoms with E-state index in [1.165, 1.54) is 0 Å². The largest absolute Gasteiger partial charge is 0.384 e. The fourth-order valence-corrected chi connectivity index (χ4v) is 2.57. The molecule has 0 bridgehead atoms. The average molecular weight is 255 g/mol. The summed E-state index contributed by atoms with van der Waals surface area (Å²) in [4.78, 5) is 3.17. The number of fused-ring (bicyclic) bond motifs is 1. The highest BCUT2D eigenvalue weighted by Gasteiger charge is 2.19. The molecule has 1 aromatic carbocycles. The summed E-state index contributed by atoms with van der Waals surface area (Å²) in [7, 11) is 1.88. The number of hydrogen-bond acceptors (Lipinski definition) is 2. The minimum absolute atomic E-state index is 0.636. The second-order valence-corrected chi connectivity index (χ2v) is 4.75. The van der Waals surface area contributed by atoms with Gasteiger partial charge in [-0.05, 0) is 24.1 Å². The number of H-pyrrole nitrogens is 1. The molecule has 2 aromatic heterocycles. The third-order valence-electron chi connectivity index (χ3n) is 3.49. The Kier molecular flexibility index (Phi) is 2.87. The lowest BCUT2D eigenvalue weighted by Crippen LogP contribution is -2.02. The zero-order valence-corrected chi connectivity index (χ0v) is 11.1. The first-order valence-corrected chi connectivity index (χ1v) is 6.47. The van der Waals surface area contributed by atoms with Crippen LogP contribution >= 0.6 is 0 Å². The van der Waals surface area contributed by atoms with Crippen LogP contribution in [0.1, 0.15) is 29.8 Å². The van der Waals surface area contributed by atoms with Gasteiger partial charge in [0.2, 0.25) is 0 Å². The number of aliphatic hydroxyl groups excluding tert-OH is 1. The van der Waals surface area contributed by atoms with Crippen LogP contribution < -0.4 is 0 Å². The zero-order valence-electron chi connectivity index (χ0n) is 11.1. The molecular formula is C15H17N3O. The Labute approximate surface area is 111 Å². The standard InChI is InChI=1S/C15H17N3O/c1-3-13-12(9-18(2)17-13)15(19)11-5-4-6-14-10(11)7-8-16-14/h4-9,15-16,19H,3H2,1-2H3. The third-order valence-corrected chi connectivity index (χ3v) is 3.49. The second kappa shape index (κ2) is 4.55. The number of aryl methyl sites for hydroxylation is 2. The van der Waals surface area contributed by atoms with Crippen molar-refractivity contribution in [2.75, 3.05) is 0 Å². The van der Waals surface area contributed by atoms with E-state index in [1.807, 2.05) is 43.7 Å². The van der Waals surface area contributed by atoms with Crippen LogP contribution in [0.4, 0.5) is 0 Å². The SMILES string of the molecule is CCc1nn(C)cc1C(O)c1cccc2[nH]ccc12. The van der Waals surface area contributed by atoms with Crippen molar-refractivity contribution in [3.8, 4) is 0 Å². The van der Waals surface area contributed by atoms with Crippen molar-refractivity contribution in [3.63, 3.8) is 0 Å². The lowest BCUT2D eigenvalue weighted by atomic mass is 9.98. The molecule has 3 aromatic rings. The van der Waals surface area contributed by atoms with Gasteiger partial charge < -0.3 is 10.1 Å². The van der Waals surface area contributed by atoms with Crippen molar-refractivity contribution in [2.45, 2.75) is 19.4 Å². The van der Waals surface area contributed by atoms with Crippen molar-refractivity contribution in [3.05, 3.63) is 53.5 Å². The van der Waals surface area contributed by atoms with E-state index in [0.717, 1.165) is 34.1 Å². The van der Waals surface area contributed by atoms with Gasteiger partial charge >= 0.3 is 0 Å². The van der Waals surface area contributed by atoms with Gasteiger partial charge in [0.15, 0.2) is 0 Å². The van der Waals surface area contributed by atoms with E-state index in [1.54, 1.807) is 4.68 Å². The Hall–Kier alpha value is -2.07. The van der Waals surface area contributed by atoms with E-state index in [9.17, 15) is 5.11 Å². The van der Waals surface area contributed by atoms with Gasteiger partial charge in [-0.2, -0.15) is 5.10 Å². The minimum Gasteiger partial charge on any atom is -0.384 e. The summed E-state index contributed by atoms with van der Waals surface area (Å²) in [5.74, 6) is 0. The molecule has 19 heavy (non-hydrogen) atoms. The van der Waals surface area contributed by atoms with E-state index in [0.29, 0.717) is 0 Å². The van der Waals surface area contributed by atoms with Crippen LogP contribution in [-0.2, 0) is 13.5 Å². The maximum Gasteiger partial charge on any atom is 0.108 e. The average Bonchev–Trinajstić information content (AvgIpc) is 3.03. The van der Waals surface area contributed by atoms with Crippen LogP contribution in [0.25, 0.3) is 10.9 Å². The van der Waals surface area contributed by atoms with Crippen LogP contribution in [0.2, 0.25) is 0 Å². The van der Waals surface area contributed by atoms with Crippen molar-refractivity contribution in [1.29, 1.82) is 0 Å². The predicted octanol–water partition coefficient (Wildman–Crippen LogP) is 2.55. The molecule has 0 amide bonds. The molecule has 0 aliphatic heterocycles. The summed E-state index contributed by atoms with van der Waals surface area (Å²) in [6.45, 7) is 2.05. The Morgan fingerprint density at radius 1 is 1.32 bits per heavy atom. The smallest absolute Gasteiger partial charge is 0.108 e. The van der Waals surface area contributed by atoms with Gasteiger partial charge in [0, 0.05) is 35.9 Å². The Morgan fingerprint density at radius 2 is 2.16 bits per heavy atom. The molecule has 3 rings (SSSR count). The van der Waals surface area contributed by atoms with Crippen LogP contribution in [0.5, 0.6) is 0 Å². The van der Waals surface area contributed by atoms with Gasteiger partial charge in [-0.1, -0.05) is 19.1 Å². The fraction of sp³-hybridized carbons (Fsp3) is 0.267. The van der Waals surface area contributed by atoms with E-state index in [2.05, 4.69) is 17.0 Å². The minimum atomic E-state index is -0.636. The third kappa shape index (κ3) is 1.94. The second-order valence-electron chi connectivity index (χ2n) is 4.75. The van der Waals surface area contributed by atoms with Gasteiger partial charge in [0.05, 0.1) is 5.69 Å². The summed E-state index contributed by atoms with van der Waals surface area (Å²) in [6, 6.07) is 7.93. The molecule has 1 unspecified atom stereocenters. The zero-order chi connectivity index (χ0) is 13.4. The van der Waals surface area contributed by atoms with Crippen molar-refractivity contribution in [2.24, 2.45) is 7.05 Å². The maximum atomic E-state index is 10.7. The summed E-state index contributed by atoms with van der Waals surface area (Å²) >= 11 is 0. The molecule has 1 atom stereocenters. The molecule has 0 aliphatic rings. The number of benzene rings is 1. The fourth-order valence-electron chi connectivity index (χ4n) is 2.57. The Balaban J connectivity index is 2.12. The molecule has 0 radical (unpaired) electrons. The number of rotatable bonds is 3. The summed E-state index contributed by atoms with van der Waals surface area (Å²) in [6.07, 6.45) is 3.97. The number of nitrogens with zero attached hydrogens (tertiary/aromatic N) is 2. The molecule has 0 fully saturated rings. The van der Waals surface area contributed by atoms with E-state index in [-0.39, 0.29) is 0 Å². The lowest BCUT2D eigenvalue weighted by molar-refractivity contribution is 0.220. The van der Waals surface area contributed by atoms with Crippen LogP contribution in [0.15, 0.2) is 36.7 Å². The number of aliphatic hydroxyl groups is 1. The molecule has 0 saturated carbocycles. The van der Waals surface area contributed by atoms with E-state index in [4.69, 9.17) is 0 Å². The van der Waals surface area contributed by atoms with Crippen molar-refractivity contribution < 1.29 is 5.11 Å². The molecule has 4 nitrogen and oxygen atoms in total. The quantitative estimate of drug-likeness (QED) is 0.755. The summed E-state index contributed by atoms with van der Waals surface area (Å²) in [5.41, 5.74) is 3.79. The van der Waals surface area contributed by atoms with E-state index < -0.39 is 6.10 Å². The molecule has 0 spiro atoms. The van der Waals surface area contributed by atoms with Gasteiger partial charge in [-0.25, -0.2) is 0 Å². The molecule has 0 aliphatic carbocycles. The van der Waals surface area contributed by atoms with Gasteiger partial charge in [-0.15, -0.1) is 0 Å². The molecular weight excluding hydrogens is 238 g/mol. The molecule has 98 valence electrons. The molecule has 0 saturated heterocycles. The highest BCUT2D eigenvalue weighted by Crippen LogP contribution is 2.30. The molecule has 4 heteroatoms. The van der Waals surface area contributed by atoms with Crippen LogP contribution in [0, 0.1) is 0 Å². The van der Waals surface area contributed by atoms with Crippen molar-refractivity contribution in [1.82, 2.24) is 14.8 Å². The lowest BCUT2D eigenvalue weighted by Gasteiger charge is -2.12. The number of nitrogens with one attached hydrogen (secondary N) is 1. The monoisotopic (exact) mass is 255 g/mol. The highest BCUT2D eigenvalue weighted by atomic mass is 16.3. The van der Waals surface area contributed by atoms with Crippen LogP contribution in [0.3, 0.4) is 0 Å². The molecule has 2 heterocycles. The first kappa shape index (κ1) is 12.0. The van der Waals surface area contributed by atoms with Crippen molar-refractivity contribution >= 4 is 10.9 Å². The first-order chi connectivity index (χ1) is 9.20. The summed E-state index contributed by atoms with van der Waals surface area (Å²) in [5, 5.41) is 16.1. The van der Waals surface area contributed by atoms with Crippen LogP contribution in [-0.4, -0.2) is 19.9 Å². The van der Waals surface area contributed by atoms with Gasteiger partial charge in [0.1, 0.15) is 6.10 Å². The predicted molar refractivity (Wildman–Crippen MR) is 74.9 cm³/mol. The topological polar surface area (TPSA) is 53.8 Å². The highest BCUT2D eigenvalue weighted by molar-refractivity contribution is 5.83. The maximum absolute atomic E-state index is 10.7. The first-order valence-electron chi connectivity index (χ1n) is 6.47. The summed E-state index contributed by atoms with van der Waals surface area (Å²) < 4.78 is 1.76. The Bertz CT molecular complexity index is 711.